The van der Waals surface area contributed by atoms with Gasteiger partial charge in [-0.1, -0.05) is 36.0 Å². The van der Waals surface area contributed by atoms with Crippen molar-refractivity contribution in [1.29, 1.82) is 0 Å². The van der Waals surface area contributed by atoms with Crippen molar-refractivity contribution in [3.05, 3.63) is 66.2 Å². The Morgan fingerprint density at radius 1 is 1.19 bits per heavy atom. The van der Waals surface area contributed by atoms with E-state index in [1.807, 2.05) is 53.1 Å². The first-order chi connectivity index (χ1) is 15.1. The summed E-state index contributed by atoms with van der Waals surface area (Å²) in [4.78, 5) is 23.9. The lowest BCUT2D eigenvalue weighted by atomic mass is 10.1. The lowest BCUT2D eigenvalue weighted by Gasteiger charge is -2.09. The van der Waals surface area contributed by atoms with Gasteiger partial charge in [0.15, 0.2) is 5.16 Å². The summed E-state index contributed by atoms with van der Waals surface area (Å²) in [6.45, 7) is 3.51. The van der Waals surface area contributed by atoms with Crippen LogP contribution in [0.4, 0.5) is 5.69 Å². The minimum absolute atomic E-state index is 0.146. The van der Waals surface area contributed by atoms with Crippen molar-refractivity contribution in [2.24, 2.45) is 0 Å². The zero-order chi connectivity index (χ0) is 21.8. The van der Waals surface area contributed by atoms with Crippen molar-refractivity contribution in [3.8, 4) is 5.69 Å². The third-order valence-electron chi connectivity index (χ3n) is 4.44. The van der Waals surface area contributed by atoms with Crippen LogP contribution in [-0.2, 0) is 15.3 Å². The molecule has 158 valence electrons. The Kier molecular flexibility index (Phi) is 6.03. The Bertz CT molecular complexity index is 1250. The molecule has 9 heteroatoms. The van der Waals surface area contributed by atoms with Gasteiger partial charge in [-0.2, -0.15) is 0 Å². The normalized spacial score (nSPS) is 10.9. The van der Waals surface area contributed by atoms with Crippen molar-refractivity contribution < 1.29 is 18.7 Å². The summed E-state index contributed by atoms with van der Waals surface area (Å²) in [7, 11) is 0. The smallest absolute Gasteiger partial charge is 0.342 e. The van der Waals surface area contributed by atoms with E-state index in [9.17, 15) is 9.59 Å². The van der Waals surface area contributed by atoms with Crippen LogP contribution in [0.15, 0.2) is 64.4 Å². The van der Waals surface area contributed by atoms with E-state index in [4.69, 9.17) is 9.15 Å². The molecule has 1 N–H and O–H groups in total. The zero-order valence-electron chi connectivity index (χ0n) is 17.0. The van der Waals surface area contributed by atoms with Crippen molar-refractivity contribution >= 4 is 40.3 Å². The van der Waals surface area contributed by atoms with Crippen molar-refractivity contribution in [2.45, 2.75) is 24.8 Å². The number of ether oxygens (including phenoxy) is 1. The lowest BCUT2D eigenvalue weighted by Crippen LogP contribution is -2.07. The number of anilines is 1. The first-order valence-electron chi connectivity index (χ1n) is 9.65. The maximum atomic E-state index is 12.6. The highest BCUT2D eigenvalue weighted by Gasteiger charge is 2.22. The maximum Gasteiger partial charge on any atom is 0.342 e. The predicted molar refractivity (Wildman–Crippen MR) is 117 cm³/mol. The van der Waals surface area contributed by atoms with E-state index in [0.717, 1.165) is 11.1 Å². The minimum atomic E-state index is -0.410. The van der Waals surface area contributed by atoms with Crippen molar-refractivity contribution in [3.63, 3.8) is 0 Å². The summed E-state index contributed by atoms with van der Waals surface area (Å²) in [6.07, 6.45) is 1.60. The Labute approximate surface area is 182 Å². The number of nitrogens with zero attached hydrogens (tertiary/aromatic N) is 3. The number of hydrogen-bond donors (Lipinski definition) is 1. The number of furan rings is 1. The van der Waals surface area contributed by atoms with Gasteiger partial charge >= 0.3 is 5.97 Å². The number of carbonyl (C=O) groups excluding carboxylic acids is 2. The van der Waals surface area contributed by atoms with Crippen LogP contribution in [0.25, 0.3) is 16.7 Å². The number of thioether (sulfide) groups is 1. The number of esters is 1. The average molecular weight is 436 g/mol. The van der Waals surface area contributed by atoms with E-state index in [2.05, 4.69) is 15.5 Å². The Morgan fingerprint density at radius 3 is 2.84 bits per heavy atom. The first kappa shape index (κ1) is 20.7. The highest BCUT2D eigenvalue weighted by Crippen LogP contribution is 2.32. The third-order valence-corrected chi connectivity index (χ3v) is 5.38. The number of nitrogens with one attached hydrogen (secondary N) is 1. The molecule has 0 saturated carbocycles. The minimum Gasteiger partial charge on any atom is -0.462 e. The molecule has 2 aromatic carbocycles. The number of hydrogen-bond acceptors (Lipinski definition) is 7. The number of carbonyl (C=O) groups is 2. The van der Waals surface area contributed by atoms with E-state index >= 15 is 0 Å². The molecule has 0 aliphatic carbocycles. The number of para-hydroxylation sites is 1. The second kappa shape index (κ2) is 9.05. The van der Waals surface area contributed by atoms with Gasteiger partial charge in [0.1, 0.15) is 23.2 Å². The molecule has 4 aromatic rings. The van der Waals surface area contributed by atoms with Crippen LogP contribution in [0.1, 0.15) is 30.0 Å². The Balaban J connectivity index is 1.61. The highest BCUT2D eigenvalue weighted by atomic mass is 32.2. The SMILES string of the molecule is CCOC(=O)c1c(CSc2nncn2-c2cccc(NC(C)=O)c2)oc2ccccc12. The molecule has 0 bridgehead atoms. The molecule has 31 heavy (non-hydrogen) atoms. The quantitative estimate of drug-likeness (QED) is 0.338. The molecular weight excluding hydrogens is 416 g/mol. The summed E-state index contributed by atoms with van der Waals surface area (Å²) < 4.78 is 13.0. The average Bonchev–Trinajstić information content (AvgIpc) is 3.36. The number of fused-ring (bicyclic) bond motifs is 1. The van der Waals surface area contributed by atoms with Gasteiger partial charge in [-0.05, 0) is 31.2 Å². The first-order valence-corrected chi connectivity index (χ1v) is 10.6. The van der Waals surface area contributed by atoms with Gasteiger partial charge in [0.2, 0.25) is 5.91 Å². The summed E-state index contributed by atoms with van der Waals surface area (Å²) in [5.41, 5.74) is 2.54. The molecule has 0 aliphatic heterocycles. The van der Waals surface area contributed by atoms with Crippen molar-refractivity contribution in [1.82, 2.24) is 14.8 Å². The van der Waals surface area contributed by atoms with E-state index in [1.165, 1.54) is 18.7 Å². The largest absolute Gasteiger partial charge is 0.462 e. The van der Waals surface area contributed by atoms with Gasteiger partial charge in [0, 0.05) is 18.0 Å². The van der Waals surface area contributed by atoms with E-state index in [1.54, 1.807) is 13.3 Å². The Morgan fingerprint density at radius 2 is 2.03 bits per heavy atom. The van der Waals surface area contributed by atoms with E-state index in [0.29, 0.717) is 33.5 Å². The molecule has 0 radical (unpaired) electrons. The van der Waals surface area contributed by atoms with Gasteiger partial charge in [-0.3, -0.25) is 9.36 Å². The second-order valence-corrected chi connectivity index (χ2v) is 7.56. The molecule has 0 unspecified atom stereocenters. The predicted octanol–water partition coefficient (Wildman–Crippen LogP) is 4.44. The van der Waals surface area contributed by atoms with Crippen LogP contribution in [0.2, 0.25) is 0 Å². The molecule has 0 atom stereocenters. The fraction of sp³-hybridized carbons (Fsp3) is 0.182. The number of aromatic nitrogens is 3. The second-order valence-electron chi connectivity index (χ2n) is 6.62. The van der Waals surface area contributed by atoms with Gasteiger partial charge in [0.05, 0.1) is 18.0 Å². The van der Waals surface area contributed by atoms with Gasteiger partial charge in [-0.25, -0.2) is 4.79 Å². The maximum absolute atomic E-state index is 12.6. The number of amides is 1. The zero-order valence-corrected chi connectivity index (χ0v) is 17.8. The molecule has 1 amide bonds. The topological polar surface area (TPSA) is 99.2 Å². The molecule has 0 fully saturated rings. The summed E-state index contributed by atoms with van der Waals surface area (Å²) >= 11 is 1.39. The number of rotatable bonds is 7. The van der Waals surface area contributed by atoms with Gasteiger partial charge < -0.3 is 14.5 Å². The molecule has 0 spiro atoms. The molecule has 2 heterocycles. The van der Waals surface area contributed by atoms with Crippen LogP contribution >= 0.6 is 11.8 Å². The molecular formula is C22H20N4O4S. The monoisotopic (exact) mass is 436 g/mol. The summed E-state index contributed by atoms with van der Waals surface area (Å²) in [6, 6.07) is 14.8. The number of benzene rings is 2. The molecule has 4 rings (SSSR count). The van der Waals surface area contributed by atoms with Crippen LogP contribution < -0.4 is 5.32 Å². The van der Waals surface area contributed by atoms with Crippen LogP contribution in [0.3, 0.4) is 0 Å². The van der Waals surface area contributed by atoms with Gasteiger partial charge in [-0.15, -0.1) is 10.2 Å². The van der Waals surface area contributed by atoms with E-state index < -0.39 is 5.97 Å². The Hall–Kier alpha value is -3.59. The van der Waals surface area contributed by atoms with Crippen LogP contribution in [-0.4, -0.2) is 33.2 Å². The summed E-state index contributed by atoms with van der Waals surface area (Å²) in [5.74, 6) is 0.331. The molecule has 0 saturated heterocycles. The van der Waals surface area contributed by atoms with E-state index in [-0.39, 0.29) is 12.5 Å². The molecule has 2 aromatic heterocycles. The van der Waals surface area contributed by atoms with Crippen LogP contribution in [0.5, 0.6) is 0 Å². The van der Waals surface area contributed by atoms with Crippen LogP contribution in [0, 0.1) is 0 Å². The summed E-state index contributed by atoms with van der Waals surface area (Å²) in [5, 5.41) is 12.3. The lowest BCUT2D eigenvalue weighted by molar-refractivity contribution is -0.114. The van der Waals surface area contributed by atoms with Crippen molar-refractivity contribution in [2.75, 3.05) is 11.9 Å². The fourth-order valence-electron chi connectivity index (χ4n) is 3.19. The molecule has 8 nitrogen and oxygen atoms in total. The third kappa shape index (κ3) is 4.46. The standard InChI is InChI=1S/C22H20N4O4S/c1-3-29-21(28)20-17-9-4-5-10-18(17)30-19(20)12-31-22-25-23-13-26(22)16-8-6-7-15(11-16)24-14(2)27/h4-11,13H,3,12H2,1-2H3,(H,24,27). The highest BCUT2D eigenvalue weighted by molar-refractivity contribution is 7.98. The molecule has 0 aliphatic rings. The van der Waals surface area contributed by atoms with Gasteiger partial charge in [0.25, 0.3) is 0 Å². The fourth-order valence-corrected chi connectivity index (χ4v) is 4.05.